The van der Waals surface area contributed by atoms with Gasteiger partial charge in [0.15, 0.2) is 0 Å². The average molecular weight is 248 g/mol. The van der Waals surface area contributed by atoms with Gasteiger partial charge in [-0.2, -0.15) is 0 Å². The molecule has 1 saturated heterocycles. The molecule has 5 nitrogen and oxygen atoms in total. The molecule has 1 aromatic carbocycles. The SMILES string of the molecule is Cc1ccc(NN)c(C(=O)NN2CCCCC2)c1. The van der Waals surface area contributed by atoms with Crippen molar-refractivity contribution in [1.29, 1.82) is 0 Å². The number of hydrazine groups is 2. The highest BCUT2D eigenvalue weighted by atomic mass is 16.2. The molecule has 0 saturated carbocycles. The molecule has 1 heterocycles. The molecule has 0 radical (unpaired) electrons. The average Bonchev–Trinajstić information content (AvgIpc) is 2.40. The molecule has 5 heteroatoms. The van der Waals surface area contributed by atoms with E-state index in [1.807, 2.05) is 30.1 Å². The number of hydrogen-bond donors (Lipinski definition) is 3. The molecular formula is C13H20N4O. The molecule has 1 amide bonds. The Kier molecular flexibility index (Phi) is 4.17. The molecule has 18 heavy (non-hydrogen) atoms. The summed E-state index contributed by atoms with van der Waals surface area (Å²) in [6.07, 6.45) is 3.51. The summed E-state index contributed by atoms with van der Waals surface area (Å²) in [5.74, 6) is 5.32. The van der Waals surface area contributed by atoms with Crippen LogP contribution in [0.4, 0.5) is 5.69 Å². The molecule has 1 aliphatic heterocycles. The standard InChI is InChI=1S/C13H20N4O/c1-10-5-6-12(15-14)11(9-10)13(18)16-17-7-3-2-4-8-17/h5-6,9,15H,2-4,7-8,14H2,1H3,(H,16,18). The lowest BCUT2D eigenvalue weighted by molar-refractivity contribution is 0.0751. The summed E-state index contributed by atoms with van der Waals surface area (Å²) in [6.45, 7) is 3.80. The number of aryl methyl sites for hydroxylation is 1. The molecule has 0 spiro atoms. The smallest absolute Gasteiger partial charge is 0.267 e. The lowest BCUT2D eigenvalue weighted by Crippen LogP contribution is -2.45. The van der Waals surface area contributed by atoms with E-state index in [0.717, 1.165) is 31.5 Å². The molecule has 1 fully saturated rings. The van der Waals surface area contributed by atoms with Gasteiger partial charge in [0, 0.05) is 13.1 Å². The quantitative estimate of drug-likeness (QED) is 0.559. The Morgan fingerprint density at radius 2 is 2.00 bits per heavy atom. The van der Waals surface area contributed by atoms with Crippen molar-refractivity contribution in [3.05, 3.63) is 29.3 Å². The number of hydrogen-bond acceptors (Lipinski definition) is 4. The predicted octanol–water partition coefficient (Wildman–Crippen LogP) is 1.41. The van der Waals surface area contributed by atoms with E-state index in [1.165, 1.54) is 6.42 Å². The van der Waals surface area contributed by atoms with Gasteiger partial charge in [-0.25, -0.2) is 5.01 Å². The van der Waals surface area contributed by atoms with E-state index < -0.39 is 0 Å². The Morgan fingerprint density at radius 1 is 1.28 bits per heavy atom. The Hall–Kier alpha value is -1.59. The number of nitrogens with zero attached hydrogens (tertiary/aromatic N) is 1. The minimum atomic E-state index is -0.103. The summed E-state index contributed by atoms with van der Waals surface area (Å²) in [4.78, 5) is 12.2. The zero-order valence-corrected chi connectivity index (χ0v) is 10.7. The minimum Gasteiger partial charge on any atom is -0.323 e. The number of benzene rings is 1. The lowest BCUT2D eigenvalue weighted by Gasteiger charge is -2.27. The number of amides is 1. The lowest BCUT2D eigenvalue weighted by atomic mass is 10.1. The zero-order chi connectivity index (χ0) is 13.0. The second-order valence-corrected chi connectivity index (χ2v) is 4.68. The van der Waals surface area contributed by atoms with Gasteiger partial charge in [0.2, 0.25) is 0 Å². The molecule has 2 rings (SSSR count). The third-order valence-electron chi connectivity index (χ3n) is 3.19. The van der Waals surface area contributed by atoms with Crippen molar-refractivity contribution in [2.45, 2.75) is 26.2 Å². The van der Waals surface area contributed by atoms with E-state index in [2.05, 4.69) is 10.9 Å². The third-order valence-corrected chi connectivity index (χ3v) is 3.19. The maximum absolute atomic E-state index is 12.2. The fourth-order valence-corrected chi connectivity index (χ4v) is 2.18. The maximum Gasteiger partial charge on any atom is 0.267 e. The Labute approximate surface area is 107 Å². The fraction of sp³-hybridized carbons (Fsp3) is 0.462. The molecule has 0 aliphatic carbocycles. The van der Waals surface area contributed by atoms with Gasteiger partial charge in [0.05, 0.1) is 11.3 Å². The van der Waals surface area contributed by atoms with Crippen molar-refractivity contribution in [2.24, 2.45) is 5.84 Å². The normalized spacial score (nSPS) is 16.3. The van der Waals surface area contributed by atoms with Crippen molar-refractivity contribution in [2.75, 3.05) is 18.5 Å². The second-order valence-electron chi connectivity index (χ2n) is 4.68. The number of carbonyl (C=O) groups is 1. The largest absolute Gasteiger partial charge is 0.323 e. The predicted molar refractivity (Wildman–Crippen MR) is 71.9 cm³/mol. The molecular weight excluding hydrogens is 228 g/mol. The van der Waals surface area contributed by atoms with Crippen LogP contribution in [0.5, 0.6) is 0 Å². The Bertz CT molecular complexity index is 427. The van der Waals surface area contributed by atoms with Crippen LogP contribution in [0.15, 0.2) is 18.2 Å². The molecule has 4 N–H and O–H groups in total. The van der Waals surface area contributed by atoms with E-state index in [-0.39, 0.29) is 5.91 Å². The number of nitrogens with one attached hydrogen (secondary N) is 2. The summed E-state index contributed by atoms with van der Waals surface area (Å²) in [5, 5.41) is 1.98. The first-order valence-corrected chi connectivity index (χ1v) is 6.34. The minimum absolute atomic E-state index is 0.103. The van der Waals surface area contributed by atoms with Gasteiger partial charge >= 0.3 is 0 Å². The van der Waals surface area contributed by atoms with Gasteiger partial charge in [-0.15, -0.1) is 0 Å². The Morgan fingerprint density at radius 3 is 2.67 bits per heavy atom. The molecule has 1 aliphatic rings. The van der Waals surface area contributed by atoms with Crippen LogP contribution in [0.3, 0.4) is 0 Å². The van der Waals surface area contributed by atoms with Crippen LogP contribution >= 0.6 is 0 Å². The van der Waals surface area contributed by atoms with Crippen LogP contribution in [0.25, 0.3) is 0 Å². The van der Waals surface area contributed by atoms with Crippen LogP contribution < -0.4 is 16.7 Å². The number of piperidine rings is 1. The maximum atomic E-state index is 12.2. The van der Waals surface area contributed by atoms with Crippen molar-refractivity contribution >= 4 is 11.6 Å². The highest BCUT2D eigenvalue weighted by Crippen LogP contribution is 2.16. The summed E-state index contributed by atoms with van der Waals surface area (Å²) in [7, 11) is 0. The second kappa shape index (κ2) is 5.84. The summed E-state index contributed by atoms with van der Waals surface area (Å²) >= 11 is 0. The summed E-state index contributed by atoms with van der Waals surface area (Å²) in [6, 6.07) is 5.59. The van der Waals surface area contributed by atoms with Crippen molar-refractivity contribution in [3.8, 4) is 0 Å². The van der Waals surface area contributed by atoms with E-state index in [0.29, 0.717) is 11.3 Å². The highest BCUT2D eigenvalue weighted by molar-refractivity contribution is 5.99. The van der Waals surface area contributed by atoms with Crippen LogP contribution in [-0.4, -0.2) is 24.0 Å². The fourth-order valence-electron chi connectivity index (χ4n) is 2.18. The number of rotatable bonds is 3. The molecule has 0 aromatic heterocycles. The van der Waals surface area contributed by atoms with Crippen LogP contribution in [0.1, 0.15) is 35.2 Å². The molecule has 98 valence electrons. The number of carbonyl (C=O) groups excluding carboxylic acids is 1. The van der Waals surface area contributed by atoms with Crippen molar-refractivity contribution in [1.82, 2.24) is 10.4 Å². The van der Waals surface area contributed by atoms with E-state index in [4.69, 9.17) is 5.84 Å². The van der Waals surface area contributed by atoms with Crippen molar-refractivity contribution in [3.63, 3.8) is 0 Å². The molecule has 0 unspecified atom stereocenters. The molecule has 0 atom stereocenters. The van der Waals surface area contributed by atoms with E-state index in [9.17, 15) is 4.79 Å². The van der Waals surface area contributed by atoms with E-state index in [1.54, 1.807) is 0 Å². The first kappa shape index (κ1) is 12.9. The number of nitrogen functional groups attached to an aromatic ring is 1. The van der Waals surface area contributed by atoms with Gasteiger partial charge in [-0.3, -0.25) is 16.1 Å². The van der Waals surface area contributed by atoms with Gasteiger partial charge < -0.3 is 5.43 Å². The first-order valence-electron chi connectivity index (χ1n) is 6.34. The van der Waals surface area contributed by atoms with Gasteiger partial charge in [0.25, 0.3) is 5.91 Å². The van der Waals surface area contributed by atoms with Crippen LogP contribution in [0, 0.1) is 6.92 Å². The van der Waals surface area contributed by atoms with Crippen LogP contribution in [-0.2, 0) is 0 Å². The number of nitrogens with two attached hydrogens (primary N) is 1. The topological polar surface area (TPSA) is 70.4 Å². The van der Waals surface area contributed by atoms with Gasteiger partial charge in [0.1, 0.15) is 0 Å². The summed E-state index contributed by atoms with van der Waals surface area (Å²) < 4.78 is 0. The zero-order valence-electron chi connectivity index (χ0n) is 10.7. The highest BCUT2D eigenvalue weighted by Gasteiger charge is 2.16. The van der Waals surface area contributed by atoms with Gasteiger partial charge in [-0.1, -0.05) is 18.1 Å². The Balaban J connectivity index is 2.09. The van der Waals surface area contributed by atoms with Crippen molar-refractivity contribution < 1.29 is 4.79 Å². The number of anilines is 1. The molecule has 0 bridgehead atoms. The van der Waals surface area contributed by atoms with E-state index >= 15 is 0 Å². The van der Waals surface area contributed by atoms with Gasteiger partial charge in [-0.05, 0) is 31.9 Å². The third kappa shape index (κ3) is 3.00. The summed E-state index contributed by atoms with van der Waals surface area (Å²) in [5.41, 5.74) is 7.77. The molecule has 1 aromatic rings. The van der Waals surface area contributed by atoms with Crippen LogP contribution in [0.2, 0.25) is 0 Å². The monoisotopic (exact) mass is 248 g/mol. The first-order chi connectivity index (χ1) is 8.70.